The topological polar surface area (TPSA) is 12.4 Å². The average molecular weight is 235 g/mol. The molecule has 0 radical (unpaired) electrons. The third-order valence-corrected chi connectivity index (χ3v) is 2.55. The summed E-state index contributed by atoms with van der Waals surface area (Å²) in [6, 6.07) is 0. The Morgan fingerprint density at radius 1 is 1.45 bits per heavy atom. The second-order valence-electron chi connectivity index (χ2n) is 2.57. The van der Waals surface area contributed by atoms with Gasteiger partial charge in [0.25, 0.3) is 0 Å². The van der Waals surface area contributed by atoms with Crippen LogP contribution in [0.1, 0.15) is 13.3 Å². The molecule has 0 saturated heterocycles. The molecule has 0 saturated carbocycles. The molecule has 0 aromatic rings. The zero-order valence-corrected chi connectivity index (χ0v) is 8.90. The summed E-state index contributed by atoms with van der Waals surface area (Å²) in [6.45, 7) is 2.21. The Morgan fingerprint density at radius 2 is 2.00 bits per heavy atom. The van der Waals surface area contributed by atoms with E-state index in [-0.39, 0.29) is 0 Å². The quantitative estimate of drug-likeness (QED) is 0.618. The Hall–Kier alpha value is 0.830. The predicted octanol–water partition coefficient (Wildman–Crippen LogP) is 3.20. The zero-order chi connectivity index (χ0) is 8.70. The van der Waals surface area contributed by atoms with Crippen LogP contribution >= 0.6 is 46.4 Å². The minimum absolute atomic E-state index is 0.455. The smallest absolute Gasteiger partial charge is 0.160 e. The van der Waals surface area contributed by atoms with Crippen LogP contribution in [-0.2, 0) is 0 Å². The lowest BCUT2D eigenvalue weighted by atomic mass is 10.2. The molecule has 1 heterocycles. The van der Waals surface area contributed by atoms with Gasteiger partial charge in [-0.3, -0.25) is 4.99 Å². The molecule has 0 N–H and O–H groups in total. The Bertz CT molecular complexity index is 191. The van der Waals surface area contributed by atoms with Gasteiger partial charge >= 0.3 is 0 Å². The second kappa shape index (κ2) is 2.95. The van der Waals surface area contributed by atoms with Crippen LogP contribution in [0.3, 0.4) is 0 Å². The Kier molecular flexibility index (Phi) is 2.66. The molecule has 1 aliphatic rings. The van der Waals surface area contributed by atoms with Crippen LogP contribution < -0.4 is 0 Å². The fourth-order valence-electron chi connectivity index (χ4n) is 1.00. The van der Waals surface area contributed by atoms with Crippen molar-refractivity contribution in [1.29, 1.82) is 0 Å². The highest BCUT2D eigenvalue weighted by Gasteiger charge is 2.43. The van der Waals surface area contributed by atoms with Crippen molar-refractivity contribution in [1.82, 2.24) is 0 Å². The van der Waals surface area contributed by atoms with Gasteiger partial charge in [0.2, 0.25) is 0 Å². The lowest BCUT2D eigenvalue weighted by Gasteiger charge is -2.22. The van der Waals surface area contributed by atoms with E-state index in [1.54, 1.807) is 6.92 Å². The largest absolute Gasteiger partial charge is 0.288 e. The Morgan fingerprint density at radius 3 is 2.18 bits per heavy atom. The summed E-state index contributed by atoms with van der Waals surface area (Å²) in [7, 11) is 0. The summed E-state index contributed by atoms with van der Waals surface area (Å²) < 4.78 is -2.03. The molecular formula is C6H7Cl4N. The Balaban J connectivity index is 2.89. The molecule has 1 nitrogen and oxygen atoms in total. The molecule has 0 aromatic heterocycles. The van der Waals surface area contributed by atoms with E-state index in [0.717, 1.165) is 0 Å². The third-order valence-electron chi connectivity index (χ3n) is 1.46. The maximum absolute atomic E-state index is 5.88. The van der Waals surface area contributed by atoms with Gasteiger partial charge in [0.1, 0.15) is 0 Å². The normalized spacial score (nSPS) is 23.5. The van der Waals surface area contributed by atoms with E-state index in [1.807, 2.05) is 0 Å². The third kappa shape index (κ3) is 2.15. The summed E-state index contributed by atoms with van der Waals surface area (Å²) in [5.41, 5.74) is 0.455. The molecule has 1 rings (SSSR count). The van der Waals surface area contributed by atoms with Crippen LogP contribution in [0.25, 0.3) is 0 Å². The number of halogens is 4. The van der Waals surface area contributed by atoms with Crippen molar-refractivity contribution >= 4 is 52.1 Å². The molecule has 64 valence electrons. The molecule has 0 amide bonds. The van der Waals surface area contributed by atoms with Gasteiger partial charge in [-0.15, -0.1) is 0 Å². The molecular weight excluding hydrogens is 228 g/mol. The van der Waals surface area contributed by atoms with Crippen molar-refractivity contribution in [2.75, 3.05) is 6.54 Å². The van der Waals surface area contributed by atoms with E-state index in [4.69, 9.17) is 46.4 Å². The van der Waals surface area contributed by atoms with Crippen LogP contribution in [0.4, 0.5) is 0 Å². The van der Waals surface area contributed by atoms with Crippen molar-refractivity contribution in [2.45, 2.75) is 22.0 Å². The molecule has 0 fully saturated rings. The van der Waals surface area contributed by atoms with E-state index in [9.17, 15) is 0 Å². The van der Waals surface area contributed by atoms with Crippen molar-refractivity contribution in [3.05, 3.63) is 0 Å². The lowest BCUT2D eigenvalue weighted by molar-refractivity contribution is 0.904. The van der Waals surface area contributed by atoms with Gasteiger partial charge in [0.15, 0.2) is 8.67 Å². The van der Waals surface area contributed by atoms with E-state index in [0.29, 0.717) is 18.7 Å². The van der Waals surface area contributed by atoms with E-state index in [2.05, 4.69) is 4.99 Å². The SMILES string of the molecule is CC(Cl)(Cl)C1=NCCC1(Cl)Cl. The molecule has 0 unspecified atom stereocenters. The molecule has 0 spiro atoms. The van der Waals surface area contributed by atoms with Gasteiger partial charge in [-0.05, 0) is 6.92 Å². The highest BCUT2D eigenvalue weighted by Crippen LogP contribution is 2.40. The molecule has 0 bridgehead atoms. The van der Waals surface area contributed by atoms with Crippen LogP contribution in [0, 0.1) is 0 Å². The fraction of sp³-hybridized carbons (Fsp3) is 0.833. The summed E-state index contributed by atoms with van der Waals surface area (Å²) in [4.78, 5) is 4.05. The van der Waals surface area contributed by atoms with Crippen LogP contribution in [0.2, 0.25) is 0 Å². The minimum Gasteiger partial charge on any atom is -0.288 e. The van der Waals surface area contributed by atoms with Crippen molar-refractivity contribution < 1.29 is 0 Å². The van der Waals surface area contributed by atoms with Gasteiger partial charge in [-0.2, -0.15) is 0 Å². The summed E-state index contributed by atoms with van der Waals surface area (Å²) in [6.07, 6.45) is 0.584. The summed E-state index contributed by atoms with van der Waals surface area (Å²) >= 11 is 23.3. The van der Waals surface area contributed by atoms with Crippen molar-refractivity contribution in [3.8, 4) is 0 Å². The number of alkyl halides is 4. The first-order valence-electron chi connectivity index (χ1n) is 3.15. The average Bonchev–Trinajstić information content (AvgIpc) is 2.06. The van der Waals surface area contributed by atoms with Gasteiger partial charge in [0, 0.05) is 13.0 Å². The lowest BCUT2D eigenvalue weighted by Crippen LogP contribution is -2.34. The second-order valence-corrected chi connectivity index (χ2v) is 5.76. The number of aliphatic imine (C=N–C) groups is 1. The molecule has 0 atom stereocenters. The molecule has 1 aliphatic heterocycles. The van der Waals surface area contributed by atoms with Gasteiger partial charge < -0.3 is 0 Å². The number of rotatable bonds is 1. The first-order chi connectivity index (χ1) is 4.84. The van der Waals surface area contributed by atoms with Gasteiger partial charge in [-0.25, -0.2) is 0 Å². The molecule has 11 heavy (non-hydrogen) atoms. The first kappa shape index (κ1) is 9.91. The minimum atomic E-state index is -1.06. The van der Waals surface area contributed by atoms with E-state index >= 15 is 0 Å². The van der Waals surface area contributed by atoms with Crippen LogP contribution in [-0.4, -0.2) is 20.9 Å². The van der Waals surface area contributed by atoms with Crippen LogP contribution in [0.15, 0.2) is 4.99 Å². The first-order valence-corrected chi connectivity index (χ1v) is 4.66. The summed E-state index contributed by atoms with van der Waals surface area (Å²) in [5.74, 6) is 0. The predicted molar refractivity (Wildman–Crippen MR) is 51.5 cm³/mol. The highest BCUT2D eigenvalue weighted by atomic mass is 35.5. The number of nitrogens with zero attached hydrogens (tertiary/aromatic N) is 1. The van der Waals surface area contributed by atoms with Gasteiger partial charge in [0.05, 0.1) is 5.71 Å². The van der Waals surface area contributed by atoms with Crippen molar-refractivity contribution in [3.63, 3.8) is 0 Å². The number of hydrogen-bond acceptors (Lipinski definition) is 1. The standard InChI is InChI=1S/C6H7Cl4N/c1-5(7,8)4-6(9,10)2-3-11-4/h2-3H2,1H3. The monoisotopic (exact) mass is 233 g/mol. The number of hydrogen-bond donors (Lipinski definition) is 0. The maximum Gasteiger partial charge on any atom is 0.160 e. The molecule has 0 aromatic carbocycles. The molecule has 0 aliphatic carbocycles. The maximum atomic E-state index is 5.88. The van der Waals surface area contributed by atoms with Crippen LogP contribution in [0.5, 0.6) is 0 Å². The molecule has 5 heteroatoms. The fourth-order valence-corrected chi connectivity index (χ4v) is 2.30. The van der Waals surface area contributed by atoms with E-state index < -0.39 is 8.67 Å². The summed E-state index contributed by atoms with van der Waals surface area (Å²) in [5, 5.41) is 0. The zero-order valence-electron chi connectivity index (χ0n) is 5.87. The Labute approximate surface area is 85.7 Å². The highest BCUT2D eigenvalue weighted by molar-refractivity contribution is 6.69. The van der Waals surface area contributed by atoms with E-state index in [1.165, 1.54) is 0 Å². The van der Waals surface area contributed by atoms with Crippen molar-refractivity contribution in [2.24, 2.45) is 4.99 Å². The van der Waals surface area contributed by atoms with Gasteiger partial charge in [-0.1, -0.05) is 46.4 Å².